The fourth-order valence-electron chi connectivity index (χ4n) is 4.45. The fraction of sp³-hybridized carbons (Fsp3) is 0.320. The molecule has 1 aromatic heterocycles. The molecule has 2 aromatic carbocycles. The zero-order chi connectivity index (χ0) is 23.8. The van der Waals surface area contributed by atoms with Crippen molar-refractivity contribution in [2.75, 3.05) is 54.8 Å². The number of nitrogens with zero attached hydrogens (tertiary/aromatic N) is 3. The molecular weight excluding hydrogens is 468 g/mol. The number of aromatic nitrogens is 1. The Morgan fingerprint density at radius 2 is 1.86 bits per heavy atom. The molecule has 0 saturated carbocycles. The first-order valence-electron chi connectivity index (χ1n) is 11.5. The average Bonchev–Trinajstić information content (AvgIpc) is 3.64. The van der Waals surface area contributed by atoms with E-state index in [0.717, 1.165) is 42.7 Å². The largest absolute Gasteiger partial charge is 0.454 e. The summed E-state index contributed by atoms with van der Waals surface area (Å²) in [5.74, 6) is 0.590. The SMILES string of the molecule is O=C(Nc1ccc(-c2csc(N3CCOCC3)n2)cc1)C1CC(=O)N(c2ccc3c(c2)OCO3)C1. The van der Waals surface area contributed by atoms with Gasteiger partial charge in [0, 0.05) is 54.4 Å². The van der Waals surface area contributed by atoms with Crippen LogP contribution >= 0.6 is 11.3 Å². The molecule has 3 aromatic rings. The number of thiazole rings is 1. The van der Waals surface area contributed by atoms with Gasteiger partial charge in [-0.1, -0.05) is 12.1 Å². The minimum atomic E-state index is -0.428. The van der Waals surface area contributed by atoms with Crippen LogP contribution in [-0.2, 0) is 14.3 Å². The zero-order valence-corrected chi connectivity index (χ0v) is 19.8. The highest BCUT2D eigenvalue weighted by Crippen LogP contribution is 2.37. The molecule has 0 radical (unpaired) electrons. The Bertz CT molecular complexity index is 1250. The normalized spacial score (nSPS) is 19.3. The maximum Gasteiger partial charge on any atom is 0.231 e. The molecule has 180 valence electrons. The van der Waals surface area contributed by atoms with Crippen molar-refractivity contribution >= 4 is 39.7 Å². The highest BCUT2D eigenvalue weighted by atomic mass is 32.1. The molecule has 3 aliphatic heterocycles. The van der Waals surface area contributed by atoms with Gasteiger partial charge in [0.05, 0.1) is 24.8 Å². The van der Waals surface area contributed by atoms with E-state index < -0.39 is 5.92 Å². The number of fused-ring (bicyclic) bond motifs is 1. The molecule has 0 bridgehead atoms. The number of hydrogen-bond donors (Lipinski definition) is 1. The van der Waals surface area contributed by atoms with Crippen LogP contribution in [0, 0.1) is 5.92 Å². The first kappa shape index (κ1) is 21.9. The standard InChI is InChI=1S/C25H24N4O5S/c30-23-11-17(13-29(23)19-5-6-21-22(12-19)34-15-33-21)24(31)26-18-3-1-16(2-4-18)20-14-35-25(27-20)28-7-9-32-10-8-28/h1-6,12,14,17H,7-11,13,15H2,(H,26,31). The molecule has 1 unspecified atom stereocenters. The van der Waals surface area contributed by atoms with E-state index in [9.17, 15) is 9.59 Å². The van der Waals surface area contributed by atoms with Gasteiger partial charge in [-0.2, -0.15) is 0 Å². The Morgan fingerprint density at radius 3 is 2.69 bits per heavy atom. The predicted octanol–water partition coefficient (Wildman–Crippen LogP) is 3.37. The van der Waals surface area contributed by atoms with Crippen LogP contribution in [0.5, 0.6) is 11.5 Å². The zero-order valence-electron chi connectivity index (χ0n) is 18.9. The van der Waals surface area contributed by atoms with E-state index in [1.807, 2.05) is 35.7 Å². The Balaban J connectivity index is 1.09. The van der Waals surface area contributed by atoms with Crippen molar-refractivity contribution in [3.63, 3.8) is 0 Å². The van der Waals surface area contributed by atoms with Crippen LogP contribution in [0.15, 0.2) is 47.8 Å². The number of ether oxygens (including phenoxy) is 3. The molecule has 2 amide bonds. The second kappa shape index (κ2) is 9.20. The first-order chi connectivity index (χ1) is 17.1. The number of carbonyl (C=O) groups is 2. The van der Waals surface area contributed by atoms with Gasteiger partial charge in [-0.3, -0.25) is 9.59 Å². The number of carbonyl (C=O) groups excluding carboxylic acids is 2. The lowest BCUT2D eigenvalue weighted by atomic mass is 10.1. The number of hydrogen-bond acceptors (Lipinski definition) is 8. The van der Waals surface area contributed by atoms with Gasteiger partial charge in [-0.05, 0) is 24.3 Å². The van der Waals surface area contributed by atoms with Crippen LogP contribution in [0.3, 0.4) is 0 Å². The van der Waals surface area contributed by atoms with E-state index in [1.54, 1.807) is 28.4 Å². The second-order valence-corrected chi connectivity index (χ2v) is 9.46. The molecule has 1 atom stereocenters. The van der Waals surface area contributed by atoms with Gasteiger partial charge >= 0.3 is 0 Å². The number of benzene rings is 2. The monoisotopic (exact) mass is 492 g/mol. The highest BCUT2D eigenvalue weighted by molar-refractivity contribution is 7.14. The Kier molecular flexibility index (Phi) is 5.75. The molecule has 2 fully saturated rings. The van der Waals surface area contributed by atoms with E-state index in [-0.39, 0.29) is 25.0 Å². The van der Waals surface area contributed by atoms with Crippen LogP contribution in [0.4, 0.5) is 16.5 Å². The fourth-order valence-corrected chi connectivity index (χ4v) is 5.34. The molecule has 6 rings (SSSR count). The number of amides is 2. The maximum atomic E-state index is 12.9. The predicted molar refractivity (Wildman–Crippen MR) is 132 cm³/mol. The summed E-state index contributed by atoms with van der Waals surface area (Å²) in [4.78, 5) is 34.1. The molecular formula is C25H24N4O5S. The average molecular weight is 493 g/mol. The summed E-state index contributed by atoms with van der Waals surface area (Å²) in [6.45, 7) is 3.66. The lowest BCUT2D eigenvalue weighted by Crippen LogP contribution is -2.36. The summed E-state index contributed by atoms with van der Waals surface area (Å²) < 4.78 is 16.2. The molecule has 4 heterocycles. The van der Waals surface area contributed by atoms with Gasteiger partial charge in [0.15, 0.2) is 16.6 Å². The quantitative estimate of drug-likeness (QED) is 0.584. The number of rotatable bonds is 5. The minimum absolute atomic E-state index is 0.0843. The van der Waals surface area contributed by atoms with E-state index in [2.05, 4.69) is 10.2 Å². The first-order valence-corrected chi connectivity index (χ1v) is 12.4. The molecule has 1 N–H and O–H groups in total. The van der Waals surface area contributed by atoms with Crippen molar-refractivity contribution in [1.82, 2.24) is 4.98 Å². The summed E-state index contributed by atoms with van der Waals surface area (Å²) in [6, 6.07) is 13.0. The van der Waals surface area contributed by atoms with Gasteiger partial charge in [0.1, 0.15) is 0 Å². The van der Waals surface area contributed by atoms with Crippen molar-refractivity contribution in [3.8, 4) is 22.8 Å². The van der Waals surface area contributed by atoms with Gasteiger partial charge in [-0.15, -0.1) is 11.3 Å². The summed E-state index contributed by atoms with van der Waals surface area (Å²) >= 11 is 1.63. The van der Waals surface area contributed by atoms with Crippen molar-refractivity contribution in [2.45, 2.75) is 6.42 Å². The van der Waals surface area contributed by atoms with Crippen LogP contribution in [0.1, 0.15) is 6.42 Å². The molecule has 3 aliphatic rings. The van der Waals surface area contributed by atoms with Gasteiger partial charge in [-0.25, -0.2) is 4.98 Å². The minimum Gasteiger partial charge on any atom is -0.454 e. The molecule has 2 saturated heterocycles. The molecule has 10 heteroatoms. The Hall–Kier alpha value is -3.63. The molecule has 0 aliphatic carbocycles. The van der Waals surface area contributed by atoms with Crippen molar-refractivity contribution < 1.29 is 23.8 Å². The smallest absolute Gasteiger partial charge is 0.231 e. The second-order valence-electron chi connectivity index (χ2n) is 8.62. The maximum absolute atomic E-state index is 12.9. The lowest BCUT2D eigenvalue weighted by Gasteiger charge is -2.26. The summed E-state index contributed by atoms with van der Waals surface area (Å²) in [5, 5.41) is 6.00. The van der Waals surface area contributed by atoms with Crippen LogP contribution in [0.2, 0.25) is 0 Å². The van der Waals surface area contributed by atoms with Crippen molar-refractivity contribution in [1.29, 1.82) is 0 Å². The van der Waals surface area contributed by atoms with E-state index >= 15 is 0 Å². The number of anilines is 3. The summed E-state index contributed by atoms with van der Waals surface area (Å²) in [7, 11) is 0. The van der Waals surface area contributed by atoms with E-state index in [1.165, 1.54) is 0 Å². The van der Waals surface area contributed by atoms with Crippen LogP contribution < -0.4 is 24.6 Å². The van der Waals surface area contributed by atoms with Crippen molar-refractivity contribution in [3.05, 3.63) is 47.8 Å². The van der Waals surface area contributed by atoms with Crippen LogP contribution in [-0.4, -0.2) is 56.4 Å². The third-order valence-corrected chi connectivity index (χ3v) is 7.29. The van der Waals surface area contributed by atoms with Gasteiger partial charge in [0.25, 0.3) is 0 Å². The van der Waals surface area contributed by atoms with Crippen LogP contribution in [0.25, 0.3) is 11.3 Å². The summed E-state index contributed by atoms with van der Waals surface area (Å²) in [6.07, 6.45) is 0.168. The molecule has 9 nitrogen and oxygen atoms in total. The van der Waals surface area contributed by atoms with Crippen molar-refractivity contribution in [2.24, 2.45) is 5.92 Å². The summed E-state index contributed by atoms with van der Waals surface area (Å²) in [5.41, 5.74) is 3.30. The molecule has 0 spiro atoms. The van der Waals surface area contributed by atoms with Gasteiger partial charge in [0.2, 0.25) is 18.6 Å². The third-order valence-electron chi connectivity index (χ3n) is 6.39. The number of nitrogens with one attached hydrogen (secondary N) is 1. The highest BCUT2D eigenvalue weighted by Gasteiger charge is 2.35. The lowest BCUT2D eigenvalue weighted by molar-refractivity contribution is -0.122. The van der Waals surface area contributed by atoms with E-state index in [4.69, 9.17) is 19.2 Å². The molecule has 35 heavy (non-hydrogen) atoms. The third kappa shape index (κ3) is 4.42. The topological polar surface area (TPSA) is 93.2 Å². The van der Waals surface area contributed by atoms with Gasteiger partial charge < -0.3 is 29.3 Å². The Morgan fingerprint density at radius 1 is 1.06 bits per heavy atom. The van der Waals surface area contributed by atoms with E-state index in [0.29, 0.717) is 29.4 Å². The Labute approximate surface area is 206 Å². The number of morpholine rings is 1.